The molecule has 0 aliphatic rings. The number of aryl methyl sites for hydroxylation is 2. The molecule has 1 aromatic carbocycles. The summed E-state index contributed by atoms with van der Waals surface area (Å²) in [5, 5.41) is 4.25. The summed E-state index contributed by atoms with van der Waals surface area (Å²) in [4.78, 5) is 4.48. The lowest BCUT2D eigenvalue weighted by molar-refractivity contribution is 0.584. The summed E-state index contributed by atoms with van der Waals surface area (Å²) in [5.41, 5.74) is 4.86. The first-order valence-electron chi connectivity index (χ1n) is 7.03. The van der Waals surface area contributed by atoms with E-state index in [9.17, 15) is 0 Å². The van der Waals surface area contributed by atoms with Crippen LogP contribution in [0.15, 0.2) is 36.5 Å². The largest absolute Gasteiger partial charge is 0.305 e. The average Bonchev–Trinajstić information content (AvgIpc) is 2.42. The molecule has 106 valence electrons. The minimum Gasteiger partial charge on any atom is -0.305 e. The van der Waals surface area contributed by atoms with E-state index in [0.29, 0.717) is 5.02 Å². The minimum absolute atomic E-state index is 0.118. The number of pyridine rings is 1. The molecule has 0 fully saturated rings. The third-order valence-electron chi connectivity index (χ3n) is 3.38. The number of benzene rings is 1. The van der Waals surface area contributed by atoms with Gasteiger partial charge in [-0.15, -0.1) is 0 Å². The lowest BCUT2D eigenvalue weighted by Gasteiger charge is -2.21. The van der Waals surface area contributed by atoms with Gasteiger partial charge in [-0.3, -0.25) is 4.98 Å². The molecule has 0 aliphatic carbocycles. The second-order valence-corrected chi connectivity index (χ2v) is 5.58. The molecule has 2 rings (SSSR count). The topological polar surface area (TPSA) is 24.9 Å². The van der Waals surface area contributed by atoms with Gasteiger partial charge in [0.05, 0.1) is 16.8 Å². The Morgan fingerprint density at radius 2 is 2.00 bits per heavy atom. The smallest absolute Gasteiger partial charge is 0.0754 e. The predicted molar refractivity (Wildman–Crippen MR) is 85.3 cm³/mol. The van der Waals surface area contributed by atoms with Gasteiger partial charge in [0.15, 0.2) is 0 Å². The maximum absolute atomic E-state index is 5.94. The first-order valence-corrected chi connectivity index (χ1v) is 7.41. The van der Waals surface area contributed by atoms with E-state index in [1.807, 2.05) is 12.1 Å². The summed E-state index contributed by atoms with van der Waals surface area (Å²) in [5.74, 6) is 0. The molecule has 2 nitrogen and oxygen atoms in total. The first-order chi connectivity index (χ1) is 9.61. The van der Waals surface area contributed by atoms with Crippen LogP contribution in [0.5, 0.6) is 0 Å². The molecule has 1 unspecified atom stereocenters. The van der Waals surface area contributed by atoms with Crippen molar-refractivity contribution in [2.24, 2.45) is 0 Å². The van der Waals surface area contributed by atoms with Crippen LogP contribution >= 0.6 is 11.6 Å². The van der Waals surface area contributed by atoms with Gasteiger partial charge in [0.2, 0.25) is 0 Å². The van der Waals surface area contributed by atoms with Crippen molar-refractivity contribution in [3.63, 3.8) is 0 Å². The lowest BCUT2D eigenvalue weighted by atomic mass is 9.96. The molecule has 0 aliphatic heterocycles. The number of hydrogen-bond donors (Lipinski definition) is 1. The molecule has 1 atom stereocenters. The Bertz CT molecular complexity index is 564. The quantitative estimate of drug-likeness (QED) is 0.880. The van der Waals surface area contributed by atoms with Crippen LogP contribution in [-0.4, -0.2) is 11.5 Å². The minimum atomic E-state index is 0.118. The summed E-state index contributed by atoms with van der Waals surface area (Å²) >= 11 is 5.94. The van der Waals surface area contributed by atoms with E-state index in [-0.39, 0.29) is 6.04 Å². The van der Waals surface area contributed by atoms with Gasteiger partial charge in [-0.25, -0.2) is 0 Å². The Balaban J connectivity index is 2.38. The highest BCUT2D eigenvalue weighted by Crippen LogP contribution is 2.25. The monoisotopic (exact) mass is 288 g/mol. The highest BCUT2D eigenvalue weighted by molar-refractivity contribution is 6.30. The third-order valence-corrected chi connectivity index (χ3v) is 3.60. The van der Waals surface area contributed by atoms with Crippen molar-refractivity contribution in [1.82, 2.24) is 10.3 Å². The zero-order valence-electron chi connectivity index (χ0n) is 12.3. The van der Waals surface area contributed by atoms with Gasteiger partial charge in [-0.05, 0) is 50.1 Å². The molecule has 0 bridgehead atoms. The fraction of sp³-hybridized carbons (Fsp3) is 0.353. The summed E-state index contributed by atoms with van der Waals surface area (Å²) in [6, 6.07) is 10.6. The molecule has 1 aromatic heterocycles. The van der Waals surface area contributed by atoms with E-state index in [4.69, 9.17) is 11.6 Å². The van der Waals surface area contributed by atoms with Crippen LogP contribution < -0.4 is 5.32 Å². The second kappa shape index (κ2) is 6.87. The van der Waals surface area contributed by atoms with Crippen molar-refractivity contribution in [1.29, 1.82) is 0 Å². The number of nitrogens with zero attached hydrogens (tertiary/aromatic N) is 1. The van der Waals surface area contributed by atoms with Gasteiger partial charge < -0.3 is 5.32 Å². The maximum atomic E-state index is 5.94. The number of hydrogen-bond acceptors (Lipinski definition) is 2. The maximum Gasteiger partial charge on any atom is 0.0754 e. The molecular weight excluding hydrogens is 268 g/mol. The molecule has 1 heterocycles. The Labute approximate surface area is 126 Å². The van der Waals surface area contributed by atoms with Gasteiger partial charge in [-0.2, -0.15) is 0 Å². The van der Waals surface area contributed by atoms with Crippen LogP contribution in [0.25, 0.3) is 0 Å². The molecule has 0 saturated heterocycles. The zero-order valence-corrected chi connectivity index (χ0v) is 13.0. The van der Waals surface area contributed by atoms with Gasteiger partial charge in [0, 0.05) is 6.20 Å². The number of aromatic nitrogens is 1. The van der Waals surface area contributed by atoms with E-state index < -0.39 is 0 Å². The fourth-order valence-corrected chi connectivity index (χ4v) is 2.48. The summed E-state index contributed by atoms with van der Waals surface area (Å²) < 4.78 is 0. The van der Waals surface area contributed by atoms with Crippen LogP contribution in [0.4, 0.5) is 0 Å². The van der Waals surface area contributed by atoms with Crippen molar-refractivity contribution in [2.75, 3.05) is 6.54 Å². The molecule has 1 N–H and O–H groups in total. The van der Waals surface area contributed by atoms with E-state index in [2.05, 4.69) is 49.3 Å². The highest BCUT2D eigenvalue weighted by atomic mass is 35.5. The first kappa shape index (κ1) is 15.0. The van der Waals surface area contributed by atoms with Crippen LogP contribution in [0.2, 0.25) is 5.02 Å². The second-order valence-electron chi connectivity index (χ2n) is 5.15. The Kier molecular flexibility index (Phi) is 5.16. The summed E-state index contributed by atoms with van der Waals surface area (Å²) in [7, 11) is 0. The van der Waals surface area contributed by atoms with Crippen molar-refractivity contribution >= 4 is 11.6 Å². The predicted octanol–water partition coefficient (Wildman–Crippen LogP) is 4.44. The SMILES string of the molecule is CCCNC(c1ccc(Cl)cn1)c1ccc(C)cc1C. The molecule has 0 radical (unpaired) electrons. The van der Waals surface area contributed by atoms with Crippen molar-refractivity contribution in [3.8, 4) is 0 Å². The Morgan fingerprint density at radius 1 is 1.20 bits per heavy atom. The standard InChI is InChI=1S/C17H21ClN2/c1-4-9-19-17(16-8-6-14(18)11-20-16)15-7-5-12(2)10-13(15)3/h5-8,10-11,17,19H,4,9H2,1-3H3. The van der Waals surface area contributed by atoms with Crippen LogP contribution in [0, 0.1) is 13.8 Å². The van der Waals surface area contributed by atoms with Gasteiger partial charge in [0.1, 0.15) is 0 Å². The van der Waals surface area contributed by atoms with E-state index in [1.165, 1.54) is 16.7 Å². The van der Waals surface area contributed by atoms with Gasteiger partial charge in [-0.1, -0.05) is 42.3 Å². The third kappa shape index (κ3) is 3.59. The highest BCUT2D eigenvalue weighted by Gasteiger charge is 2.16. The van der Waals surface area contributed by atoms with Crippen molar-refractivity contribution in [2.45, 2.75) is 33.2 Å². The summed E-state index contributed by atoms with van der Waals surface area (Å²) in [6.07, 6.45) is 2.80. The molecule has 20 heavy (non-hydrogen) atoms. The van der Waals surface area contributed by atoms with Crippen LogP contribution in [-0.2, 0) is 0 Å². The molecular formula is C17H21ClN2. The lowest BCUT2D eigenvalue weighted by Crippen LogP contribution is -2.24. The Morgan fingerprint density at radius 3 is 2.60 bits per heavy atom. The average molecular weight is 289 g/mol. The normalized spacial score (nSPS) is 12.4. The van der Waals surface area contributed by atoms with Crippen molar-refractivity contribution in [3.05, 3.63) is 63.9 Å². The molecule has 0 spiro atoms. The van der Waals surface area contributed by atoms with Crippen LogP contribution in [0.3, 0.4) is 0 Å². The number of halogens is 1. The fourth-order valence-electron chi connectivity index (χ4n) is 2.37. The molecule has 2 aromatic rings. The van der Waals surface area contributed by atoms with Gasteiger partial charge >= 0.3 is 0 Å². The molecule has 0 saturated carbocycles. The van der Waals surface area contributed by atoms with E-state index in [0.717, 1.165) is 18.7 Å². The van der Waals surface area contributed by atoms with E-state index in [1.54, 1.807) is 6.20 Å². The van der Waals surface area contributed by atoms with Crippen LogP contribution in [0.1, 0.15) is 41.8 Å². The van der Waals surface area contributed by atoms with Crippen molar-refractivity contribution < 1.29 is 0 Å². The number of nitrogens with one attached hydrogen (secondary N) is 1. The van der Waals surface area contributed by atoms with Gasteiger partial charge in [0.25, 0.3) is 0 Å². The molecule has 0 amide bonds. The Hall–Kier alpha value is -1.38. The number of rotatable bonds is 5. The van der Waals surface area contributed by atoms with E-state index >= 15 is 0 Å². The molecule has 3 heteroatoms. The zero-order chi connectivity index (χ0) is 14.5. The summed E-state index contributed by atoms with van der Waals surface area (Å²) in [6.45, 7) is 7.40.